The summed E-state index contributed by atoms with van der Waals surface area (Å²) in [4.78, 5) is 11.5. The molecule has 0 saturated heterocycles. The molecular formula is C19H20N4O. The fraction of sp³-hybridized carbons (Fsp3) is 0.158. The lowest BCUT2D eigenvalue weighted by atomic mass is 10.0. The second-order valence-electron chi connectivity index (χ2n) is 5.69. The molecule has 2 aromatic carbocycles. The van der Waals surface area contributed by atoms with Gasteiger partial charge in [-0.1, -0.05) is 36.4 Å². The van der Waals surface area contributed by atoms with E-state index < -0.39 is 0 Å². The quantitative estimate of drug-likeness (QED) is 0.499. The van der Waals surface area contributed by atoms with Crippen LogP contribution in [0.1, 0.15) is 27.9 Å². The molecule has 3 rings (SSSR count). The molecule has 0 aliphatic rings. The summed E-state index contributed by atoms with van der Waals surface area (Å²) in [6.07, 6.45) is 3.92. The van der Waals surface area contributed by atoms with E-state index in [4.69, 9.17) is 5.73 Å². The molecule has 0 fully saturated rings. The monoisotopic (exact) mass is 320 g/mol. The Kier molecular flexibility index (Phi) is 4.61. The smallest absolute Gasteiger partial charge is 0.130 e. The molecule has 0 saturated carbocycles. The van der Waals surface area contributed by atoms with Crippen LogP contribution in [-0.2, 0) is 13.0 Å². The number of imidazole rings is 1. The second-order valence-corrected chi connectivity index (χ2v) is 5.69. The molecule has 0 aliphatic heterocycles. The van der Waals surface area contributed by atoms with Crippen molar-refractivity contribution in [2.45, 2.75) is 19.9 Å². The summed E-state index contributed by atoms with van der Waals surface area (Å²) in [5.41, 5.74) is 10.7. The topological polar surface area (TPSA) is 87.3 Å². The first kappa shape index (κ1) is 15.8. The first-order valence-electron chi connectivity index (χ1n) is 7.78. The summed E-state index contributed by atoms with van der Waals surface area (Å²) in [7, 11) is 0. The lowest BCUT2D eigenvalue weighted by molar-refractivity contribution is 0.468. The molecular weight excluding hydrogens is 300 g/mol. The summed E-state index contributed by atoms with van der Waals surface area (Å²) < 4.78 is 0. The number of rotatable bonds is 5. The number of phenols is 1. The summed E-state index contributed by atoms with van der Waals surface area (Å²) in [6.45, 7) is 2.53. The maximum atomic E-state index is 10.5. The van der Waals surface area contributed by atoms with Crippen LogP contribution >= 0.6 is 0 Å². The van der Waals surface area contributed by atoms with Crippen molar-refractivity contribution in [1.29, 1.82) is 0 Å². The van der Waals surface area contributed by atoms with Crippen molar-refractivity contribution < 1.29 is 5.11 Å². The Labute approximate surface area is 140 Å². The van der Waals surface area contributed by atoms with Gasteiger partial charge in [0.05, 0.1) is 18.4 Å². The van der Waals surface area contributed by atoms with Gasteiger partial charge < -0.3 is 15.8 Å². The number of hydrogen-bond donors (Lipinski definition) is 3. The molecule has 1 aromatic heterocycles. The Balaban J connectivity index is 1.83. The first-order chi connectivity index (χ1) is 11.6. The van der Waals surface area contributed by atoms with Crippen molar-refractivity contribution in [2.75, 3.05) is 0 Å². The van der Waals surface area contributed by atoms with Crippen LogP contribution in [-0.4, -0.2) is 20.9 Å². The predicted molar refractivity (Wildman–Crippen MR) is 95.1 cm³/mol. The third kappa shape index (κ3) is 3.46. The summed E-state index contributed by atoms with van der Waals surface area (Å²) in [5, 5.41) is 10.5. The van der Waals surface area contributed by atoms with Crippen molar-refractivity contribution in [1.82, 2.24) is 9.97 Å². The van der Waals surface area contributed by atoms with Crippen molar-refractivity contribution >= 4 is 5.84 Å². The lowest BCUT2D eigenvalue weighted by Crippen LogP contribution is -2.14. The Morgan fingerprint density at radius 3 is 2.71 bits per heavy atom. The average molecular weight is 320 g/mol. The van der Waals surface area contributed by atoms with Gasteiger partial charge in [-0.3, -0.25) is 4.99 Å². The second kappa shape index (κ2) is 7.00. The molecule has 1 heterocycles. The third-order valence-corrected chi connectivity index (χ3v) is 4.01. The van der Waals surface area contributed by atoms with Gasteiger partial charge in [0.15, 0.2) is 0 Å². The molecule has 5 heteroatoms. The summed E-state index contributed by atoms with van der Waals surface area (Å²) in [5.74, 6) is 0.500. The van der Waals surface area contributed by atoms with Crippen LogP contribution in [0.4, 0.5) is 0 Å². The Bertz CT molecular complexity index is 854. The largest absolute Gasteiger partial charge is 0.507 e. The molecule has 24 heavy (non-hydrogen) atoms. The van der Waals surface area contributed by atoms with Crippen LogP contribution in [0.2, 0.25) is 0 Å². The van der Waals surface area contributed by atoms with Crippen LogP contribution in [0.3, 0.4) is 0 Å². The minimum atomic E-state index is 0.165. The van der Waals surface area contributed by atoms with Gasteiger partial charge in [-0.25, -0.2) is 4.98 Å². The number of amidine groups is 1. The highest BCUT2D eigenvalue weighted by molar-refractivity contribution is 6.00. The van der Waals surface area contributed by atoms with Crippen LogP contribution in [0.5, 0.6) is 5.75 Å². The molecule has 122 valence electrons. The van der Waals surface area contributed by atoms with Gasteiger partial charge in [0, 0.05) is 23.9 Å². The molecule has 0 bridgehead atoms. The van der Waals surface area contributed by atoms with Gasteiger partial charge in [0.1, 0.15) is 11.6 Å². The van der Waals surface area contributed by atoms with Gasteiger partial charge in [0.25, 0.3) is 0 Å². The minimum Gasteiger partial charge on any atom is -0.507 e. The summed E-state index contributed by atoms with van der Waals surface area (Å²) >= 11 is 0. The van der Waals surface area contributed by atoms with Gasteiger partial charge in [-0.2, -0.15) is 0 Å². The Hall–Kier alpha value is -3.08. The van der Waals surface area contributed by atoms with Crippen molar-refractivity contribution in [3.63, 3.8) is 0 Å². The summed E-state index contributed by atoms with van der Waals surface area (Å²) in [6, 6.07) is 13.6. The average Bonchev–Trinajstić information content (AvgIpc) is 3.09. The van der Waals surface area contributed by atoms with E-state index in [0.717, 1.165) is 16.8 Å². The lowest BCUT2D eigenvalue weighted by Gasteiger charge is -2.09. The number of H-pyrrole nitrogens is 1. The van der Waals surface area contributed by atoms with E-state index in [1.165, 1.54) is 5.56 Å². The zero-order chi connectivity index (χ0) is 16.9. The van der Waals surface area contributed by atoms with E-state index >= 15 is 0 Å². The highest BCUT2D eigenvalue weighted by Gasteiger charge is 2.11. The Morgan fingerprint density at radius 1 is 1.17 bits per heavy atom. The molecule has 4 N–H and O–H groups in total. The van der Waals surface area contributed by atoms with E-state index in [1.807, 2.05) is 43.3 Å². The van der Waals surface area contributed by atoms with Crippen LogP contribution < -0.4 is 5.73 Å². The van der Waals surface area contributed by atoms with E-state index in [9.17, 15) is 5.11 Å². The van der Waals surface area contributed by atoms with Crippen LogP contribution in [0.25, 0.3) is 0 Å². The highest BCUT2D eigenvalue weighted by atomic mass is 16.3. The van der Waals surface area contributed by atoms with Crippen molar-refractivity contribution in [3.8, 4) is 5.75 Å². The zero-order valence-electron chi connectivity index (χ0n) is 13.5. The van der Waals surface area contributed by atoms with Gasteiger partial charge >= 0.3 is 0 Å². The predicted octanol–water partition coefficient (Wildman–Crippen LogP) is 2.92. The van der Waals surface area contributed by atoms with E-state index in [0.29, 0.717) is 24.4 Å². The maximum Gasteiger partial charge on any atom is 0.130 e. The Morgan fingerprint density at radius 2 is 1.96 bits per heavy atom. The molecule has 0 unspecified atom stereocenters. The SMILES string of the molecule is Cc1ccccc1CN=C(N)c1cccc(Cc2cnc[nH]2)c1O. The van der Waals surface area contributed by atoms with Gasteiger partial charge in [-0.05, 0) is 24.1 Å². The maximum absolute atomic E-state index is 10.5. The number of benzene rings is 2. The number of nitrogens with zero attached hydrogens (tertiary/aromatic N) is 2. The molecule has 5 nitrogen and oxygen atoms in total. The number of aromatic hydroxyl groups is 1. The number of aromatic amines is 1. The van der Waals surface area contributed by atoms with Crippen molar-refractivity contribution in [2.24, 2.45) is 10.7 Å². The number of phenolic OH excluding ortho intramolecular Hbond substituents is 1. The van der Waals surface area contributed by atoms with Gasteiger partial charge in [0.2, 0.25) is 0 Å². The fourth-order valence-corrected chi connectivity index (χ4v) is 2.57. The van der Waals surface area contributed by atoms with Crippen LogP contribution in [0, 0.1) is 6.92 Å². The number of nitrogens with one attached hydrogen (secondary N) is 1. The molecule has 0 radical (unpaired) electrons. The first-order valence-corrected chi connectivity index (χ1v) is 7.78. The highest BCUT2D eigenvalue weighted by Crippen LogP contribution is 2.24. The van der Waals surface area contributed by atoms with Gasteiger partial charge in [-0.15, -0.1) is 0 Å². The third-order valence-electron chi connectivity index (χ3n) is 4.01. The molecule has 3 aromatic rings. The zero-order valence-corrected chi connectivity index (χ0v) is 13.5. The molecule has 0 amide bonds. The minimum absolute atomic E-state index is 0.165. The van der Waals surface area contributed by atoms with E-state index in [1.54, 1.807) is 18.6 Å². The van der Waals surface area contributed by atoms with Crippen LogP contribution in [0.15, 0.2) is 60.0 Å². The number of aliphatic imine (C=N–C) groups is 1. The van der Waals surface area contributed by atoms with E-state index in [-0.39, 0.29) is 5.75 Å². The number of hydrogen-bond acceptors (Lipinski definition) is 3. The number of nitrogens with two attached hydrogens (primary N) is 1. The fourth-order valence-electron chi connectivity index (χ4n) is 2.57. The number of para-hydroxylation sites is 1. The standard InChI is InChI=1S/C19H20N4O/c1-13-5-2-3-6-15(13)10-22-19(20)17-8-4-7-14(18(17)24)9-16-11-21-12-23-16/h2-8,11-12,24H,9-10H2,1H3,(H2,20,22)(H,21,23). The molecule has 0 aliphatic carbocycles. The molecule has 0 spiro atoms. The normalized spacial score (nSPS) is 11.6. The number of aromatic nitrogens is 2. The van der Waals surface area contributed by atoms with E-state index in [2.05, 4.69) is 15.0 Å². The molecule has 0 atom stereocenters. The number of aryl methyl sites for hydroxylation is 1. The van der Waals surface area contributed by atoms with Crippen molar-refractivity contribution in [3.05, 3.63) is 82.9 Å².